The van der Waals surface area contributed by atoms with Crippen LogP contribution in [0, 0.1) is 5.92 Å². The summed E-state index contributed by atoms with van der Waals surface area (Å²) in [5, 5.41) is 0. The number of rotatable bonds is 5. The van der Waals surface area contributed by atoms with Crippen LogP contribution >= 0.6 is 0 Å². The summed E-state index contributed by atoms with van der Waals surface area (Å²) >= 11 is -2.05. The molecule has 2 atom stereocenters. The molecule has 4 aromatic carbocycles. The van der Waals surface area contributed by atoms with E-state index in [-0.39, 0.29) is 0 Å². The molecule has 0 heterocycles. The van der Waals surface area contributed by atoms with E-state index in [0.29, 0.717) is 9.54 Å². The topological polar surface area (TPSA) is 0 Å². The van der Waals surface area contributed by atoms with Crippen LogP contribution < -0.4 is 0 Å². The molecule has 4 aromatic rings. The Morgan fingerprint density at radius 2 is 1.12 bits per heavy atom. The zero-order valence-electron chi connectivity index (χ0n) is 24.5. The molecule has 2 aliphatic carbocycles. The van der Waals surface area contributed by atoms with Crippen LogP contribution in [0.3, 0.4) is 0 Å². The fraction of sp³-hybridized carbons (Fsp3) is 0.211. The third-order valence-corrected chi connectivity index (χ3v) is 27.7. The Balaban J connectivity index is 1.55. The van der Waals surface area contributed by atoms with Crippen molar-refractivity contribution >= 4 is 11.0 Å². The third-order valence-electron chi connectivity index (χ3n) is 9.16. The fourth-order valence-electron chi connectivity index (χ4n) is 6.77. The summed E-state index contributed by atoms with van der Waals surface area (Å²) in [6, 6.07) is 38.3. The van der Waals surface area contributed by atoms with Crippen molar-refractivity contribution in [1.82, 2.24) is 0 Å². The molecule has 40 heavy (non-hydrogen) atoms. The van der Waals surface area contributed by atoms with E-state index in [9.17, 15) is 0 Å². The third kappa shape index (κ3) is 4.84. The molecular formula is C38H38SiZr. The molecule has 2 unspecified atom stereocenters. The van der Waals surface area contributed by atoms with Gasteiger partial charge >= 0.3 is 250 Å². The molecule has 198 valence electrons. The van der Waals surface area contributed by atoms with E-state index in [1.165, 1.54) is 39.0 Å². The maximum absolute atomic E-state index is 2.71. The van der Waals surface area contributed by atoms with Crippen molar-refractivity contribution in [3.8, 4) is 22.3 Å². The van der Waals surface area contributed by atoms with E-state index in [1.807, 2.05) is 3.28 Å². The summed E-state index contributed by atoms with van der Waals surface area (Å²) in [5.41, 5.74) is 15.3. The summed E-state index contributed by atoms with van der Waals surface area (Å²) in [4.78, 5) is 0. The van der Waals surface area contributed by atoms with Crippen LogP contribution in [0.1, 0.15) is 48.0 Å². The molecule has 0 spiro atoms. The molecule has 0 bridgehead atoms. The average molecular weight is 614 g/mol. The van der Waals surface area contributed by atoms with Gasteiger partial charge in [-0.1, -0.05) is 0 Å². The molecule has 0 aliphatic heterocycles. The van der Waals surface area contributed by atoms with Crippen LogP contribution in [-0.4, -0.2) is 5.43 Å². The first-order valence-electron chi connectivity index (χ1n) is 14.5. The van der Waals surface area contributed by atoms with Crippen LogP contribution in [0.4, 0.5) is 0 Å². The van der Waals surface area contributed by atoms with Crippen LogP contribution in [0.25, 0.3) is 27.8 Å². The molecule has 0 saturated carbocycles. The van der Waals surface area contributed by atoms with Gasteiger partial charge in [0.15, 0.2) is 0 Å². The van der Waals surface area contributed by atoms with Crippen molar-refractivity contribution in [2.24, 2.45) is 5.92 Å². The van der Waals surface area contributed by atoms with Crippen molar-refractivity contribution in [2.75, 3.05) is 0 Å². The Kier molecular flexibility index (Phi) is 7.68. The number of hydrogen-bond acceptors (Lipinski definition) is 0. The van der Waals surface area contributed by atoms with Gasteiger partial charge in [0, 0.05) is 0 Å². The second-order valence-corrected chi connectivity index (χ2v) is 29.1. The van der Waals surface area contributed by atoms with Crippen LogP contribution in [0.2, 0.25) is 13.1 Å². The van der Waals surface area contributed by atoms with Gasteiger partial charge in [-0.05, 0) is 0 Å². The predicted octanol–water partition coefficient (Wildman–Crippen LogP) is 10.6. The minimum absolute atomic E-state index is 0.430. The van der Waals surface area contributed by atoms with Gasteiger partial charge in [0.25, 0.3) is 0 Å². The molecule has 0 amide bonds. The summed E-state index contributed by atoms with van der Waals surface area (Å²) in [5.74, 6) is 0.616. The predicted molar refractivity (Wildman–Crippen MR) is 171 cm³/mol. The Morgan fingerprint density at radius 1 is 0.600 bits per heavy atom. The molecular weight excluding hydrogens is 576 g/mol. The summed E-state index contributed by atoms with van der Waals surface area (Å²) in [6.45, 7) is 14.8. The second kappa shape index (κ2) is 11.2. The van der Waals surface area contributed by atoms with Crippen molar-refractivity contribution < 1.29 is 20.4 Å². The molecule has 6 rings (SSSR count). The molecule has 0 nitrogen and oxygen atoms in total. The van der Waals surface area contributed by atoms with Crippen LogP contribution in [0.5, 0.6) is 0 Å². The van der Waals surface area contributed by atoms with E-state index < -0.39 is 25.8 Å². The minimum atomic E-state index is -2.05. The zero-order valence-corrected chi connectivity index (χ0v) is 28.0. The standard InChI is InChI=1S/C27H19.C9H13.C2H6Si.Zr/c1-3-9-20(10-4-1)23-17-24(21-11-5-2-6-12-21)19-25(18-23)27-16-15-22-13-7-8-14-26(22)27;1-6-5-7(2)9(4)8(6)3;1-3-2;/h1-19H;6H,1-4H3;1-2H3;. The Bertz CT molecular complexity index is 1670. The molecule has 0 aromatic heterocycles. The number of allylic oxidation sites excluding steroid dienone is 5. The fourth-order valence-corrected chi connectivity index (χ4v) is 26.5. The molecule has 0 radical (unpaired) electrons. The van der Waals surface area contributed by atoms with Gasteiger partial charge in [0.05, 0.1) is 0 Å². The molecule has 0 saturated heterocycles. The first-order chi connectivity index (χ1) is 19.3. The van der Waals surface area contributed by atoms with Gasteiger partial charge in [0.1, 0.15) is 0 Å². The number of fused-ring (bicyclic) bond motifs is 1. The van der Waals surface area contributed by atoms with Gasteiger partial charge in [-0.25, -0.2) is 0 Å². The number of hydrogen-bond donors (Lipinski definition) is 0. The maximum atomic E-state index is 2.71. The first-order valence-corrected chi connectivity index (χ1v) is 23.3. The Hall–Kier alpha value is -2.80. The van der Waals surface area contributed by atoms with Crippen LogP contribution in [-0.2, 0) is 20.4 Å². The van der Waals surface area contributed by atoms with E-state index in [1.54, 1.807) is 22.3 Å². The van der Waals surface area contributed by atoms with E-state index in [0.717, 1.165) is 0 Å². The molecule has 2 heteroatoms. The van der Waals surface area contributed by atoms with Crippen LogP contribution in [0.15, 0.2) is 129 Å². The van der Waals surface area contributed by atoms with E-state index in [4.69, 9.17) is 0 Å². The van der Waals surface area contributed by atoms with Gasteiger partial charge < -0.3 is 0 Å². The monoisotopic (exact) mass is 612 g/mol. The average Bonchev–Trinajstić information content (AvgIpc) is 3.45. The van der Waals surface area contributed by atoms with Crippen molar-refractivity contribution in [2.45, 2.75) is 44.4 Å². The molecule has 0 N–H and O–H groups in total. The SMILES string of the molecule is CC1=C(C)C(C)[C]([Zr]([CH]2C=C(c3cc(-c4ccccc4)cc(-c4ccccc4)c3)c3ccccc32)=[Si](C)C)=C1C. The number of benzene rings is 4. The van der Waals surface area contributed by atoms with Crippen molar-refractivity contribution in [3.63, 3.8) is 0 Å². The van der Waals surface area contributed by atoms with Gasteiger partial charge in [-0.2, -0.15) is 0 Å². The Labute approximate surface area is 248 Å². The van der Waals surface area contributed by atoms with Gasteiger partial charge in [-0.3, -0.25) is 0 Å². The van der Waals surface area contributed by atoms with E-state index in [2.05, 4.69) is 150 Å². The van der Waals surface area contributed by atoms with Gasteiger partial charge in [0.2, 0.25) is 0 Å². The second-order valence-electron chi connectivity index (χ2n) is 11.7. The van der Waals surface area contributed by atoms with Crippen molar-refractivity contribution in [3.05, 3.63) is 146 Å². The summed E-state index contributed by atoms with van der Waals surface area (Å²) in [6.07, 6.45) is 2.71. The molecule has 2 aliphatic rings. The van der Waals surface area contributed by atoms with Crippen molar-refractivity contribution in [1.29, 1.82) is 0 Å². The normalized spacial score (nSPS) is 18.2. The zero-order chi connectivity index (χ0) is 28.0. The summed E-state index contributed by atoms with van der Waals surface area (Å²) in [7, 11) is 0. The summed E-state index contributed by atoms with van der Waals surface area (Å²) < 4.78 is 2.49. The van der Waals surface area contributed by atoms with E-state index >= 15 is 0 Å². The van der Waals surface area contributed by atoms with Gasteiger partial charge in [-0.15, -0.1) is 0 Å². The molecule has 0 fully saturated rings. The Morgan fingerprint density at radius 3 is 1.65 bits per heavy atom. The first kappa shape index (κ1) is 27.4. The quantitative estimate of drug-likeness (QED) is 0.196.